The number of hydrogen-bond donors (Lipinski definition) is 2. The number of nitrogens with one attached hydrogen (secondary N) is 2. The van der Waals surface area contributed by atoms with Crippen molar-refractivity contribution in [3.8, 4) is 6.07 Å². The fraction of sp³-hybridized carbons (Fsp3) is 0. The van der Waals surface area contributed by atoms with Crippen molar-refractivity contribution in [1.29, 1.82) is 5.26 Å². The number of rotatable bonds is 4. The molecule has 122 valence electrons. The molecule has 0 fully saturated rings. The molecule has 0 saturated heterocycles. The topological polar surface area (TPSA) is 77.8 Å². The molecule has 2 N–H and O–H groups in total. The number of aromatic nitrogens is 1. The minimum atomic E-state index is -0.394. The van der Waals surface area contributed by atoms with Gasteiger partial charge < -0.3 is 10.6 Å². The van der Waals surface area contributed by atoms with Crippen LogP contribution in [0.2, 0.25) is 0 Å². The van der Waals surface area contributed by atoms with Crippen LogP contribution in [0.15, 0.2) is 67.0 Å². The molecule has 0 saturated carbocycles. The molecule has 25 heavy (non-hydrogen) atoms. The molecule has 1 heterocycles. The minimum absolute atomic E-state index is 0.300. The van der Waals surface area contributed by atoms with E-state index in [1.54, 1.807) is 48.5 Å². The van der Waals surface area contributed by atoms with E-state index in [4.69, 9.17) is 5.26 Å². The van der Waals surface area contributed by atoms with E-state index < -0.39 is 5.82 Å². The van der Waals surface area contributed by atoms with Crippen molar-refractivity contribution in [2.24, 2.45) is 0 Å². The smallest absolute Gasteiger partial charge is 0.257 e. The Kier molecular flexibility index (Phi) is 4.67. The Morgan fingerprint density at radius 2 is 1.80 bits per heavy atom. The summed E-state index contributed by atoms with van der Waals surface area (Å²) in [6.45, 7) is 0. The number of amides is 1. The third-order valence-corrected chi connectivity index (χ3v) is 3.43. The number of nitrogens with zero attached hydrogens (tertiary/aromatic N) is 2. The van der Waals surface area contributed by atoms with E-state index in [0.717, 1.165) is 0 Å². The van der Waals surface area contributed by atoms with Crippen LogP contribution in [0.3, 0.4) is 0 Å². The molecule has 5 nitrogen and oxygen atoms in total. The van der Waals surface area contributed by atoms with Gasteiger partial charge in [0.05, 0.1) is 34.8 Å². The van der Waals surface area contributed by atoms with Crippen molar-refractivity contribution >= 4 is 23.0 Å². The van der Waals surface area contributed by atoms with Crippen LogP contribution in [0.5, 0.6) is 0 Å². The summed E-state index contributed by atoms with van der Waals surface area (Å²) in [5, 5.41) is 14.4. The van der Waals surface area contributed by atoms with Crippen LogP contribution in [0.1, 0.15) is 15.9 Å². The number of para-hydroxylation sites is 1. The number of benzene rings is 2. The zero-order valence-corrected chi connectivity index (χ0v) is 13.0. The average molecular weight is 332 g/mol. The summed E-state index contributed by atoms with van der Waals surface area (Å²) in [4.78, 5) is 16.3. The Labute approximate surface area is 143 Å². The van der Waals surface area contributed by atoms with Crippen molar-refractivity contribution in [3.63, 3.8) is 0 Å². The van der Waals surface area contributed by atoms with Gasteiger partial charge in [0, 0.05) is 11.9 Å². The van der Waals surface area contributed by atoms with E-state index in [-0.39, 0.29) is 5.91 Å². The van der Waals surface area contributed by atoms with Crippen LogP contribution < -0.4 is 10.6 Å². The number of hydrogen-bond acceptors (Lipinski definition) is 4. The first-order valence-electron chi connectivity index (χ1n) is 7.44. The molecule has 0 bridgehead atoms. The second kappa shape index (κ2) is 7.23. The van der Waals surface area contributed by atoms with E-state index in [1.165, 1.54) is 18.5 Å². The molecule has 0 unspecified atom stereocenters. The number of anilines is 3. The van der Waals surface area contributed by atoms with Gasteiger partial charge in [-0.2, -0.15) is 5.26 Å². The van der Waals surface area contributed by atoms with E-state index >= 15 is 0 Å². The molecular weight excluding hydrogens is 319 g/mol. The molecule has 1 amide bonds. The van der Waals surface area contributed by atoms with Crippen LogP contribution in [-0.4, -0.2) is 10.9 Å². The van der Waals surface area contributed by atoms with Gasteiger partial charge in [-0.25, -0.2) is 4.39 Å². The Hall–Kier alpha value is -3.72. The maximum absolute atomic E-state index is 13.7. The summed E-state index contributed by atoms with van der Waals surface area (Å²) in [6.07, 6.45) is 2.93. The van der Waals surface area contributed by atoms with Gasteiger partial charge in [-0.05, 0) is 42.5 Å². The first-order valence-corrected chi connectivity index (χ1v) is 7.44. The zero-order chi connectivity index (χ0) is 17.6. The number of pyridine rings is 1. The van der Waals surface area contributed by atoms with Crippen molar-refractivity contribution < 1.29 is 9.18 Å². The van der Waals surface area contributed by atoms with E-state index in [2.05, 4.69) is 15.6 Å². The Bertz CT molecular complexity index is 948. The van der Waals surface area contributed by atoms with E-state index in [0.29, 0.717) is 28.2 Å². The first-order chi connectivity index (χ1) is 12.2. The van der Waals surface area contributed by atoms with Crippen molar-refractivity contribution in [2.75, 3.05) is 10.6 Å². The van der Waals surface area contributed by atoms with Gasteiger partial charge in [0.1, 0.15) is 5.82 Å². The van der Waals surface area contributed by atoms with Gasteiger partial charge >= 0.3 is 0 Å². The summed E-state index contributed by atoms with van der Waals surface area (Å²) < 4.78 is 13.7. The predicted molar refractivity (Wildman–Crippen MR) is 93.0 cm³/mol. The van der Waals surface area contributed by atoms with Crippen molar-refractivity contribution in [3.05, 3.63) is 83.9 Å². The standard InChI is InChI=1S/C19H13FN4O/c20-17-3-1-2-4-18(17)23-16-9-14(11-22-12-16)19(25)24-15-7-5-13(10-21)6-8-15/h1-9,11-12,23H,(H,24,25). The molecule has 0 aliphatic heterocycles. The highest BCUT2D eigenvalue weighted by Gasteiger charge is 2.09. The molecule has 3 aromatic rings. The third kappa shape index (κ3) is 3.98. The van der Waals surface area contributed by atoms with Crippen LogP contribution in [0, 0.1) is 17.1 Å². The van der Waals surface area contributed by atoms with E-state index in [1.807, 2.05) is 6.07 Å². The molecule has 0 atom stereocenters. The van der Waals surface area contributed by atoms with Crippen molar-refractivity contribution in [2.45, 2.75) is 0 Å². The molecule has 1 aromatic heterocycles. The van der Waals surface area contributed by atoms with Crippen LogP contribution >= 0.6 is 0 Å². The highest BCUT2D eigenvalue weighted by Crippen LogP contribution is 2.20. The lowest BCUT2D eigenvalue weighted by Crippen LogP contribution is -2.12. The number of nitriles is 1. The predicted octanol–water partition coefficient (Wildman–Crippen LogP) is 4.09. The second-order valence-corrected chi connectivity index (χ2v) is 5.21. The lowest BCUT2D eigenvalue weighted by Gasteiger charge is -2.09. The van der Waals surface area contributed by atoms with Gasteiger partial charge in [-0.1, -0.05) is 12.1 Å². The molecule has 2 aromatic carbocycles. The molecule has 0 aliphatic carbocycles. The summed E-state index contributed by atoms with van der Waals surface area (Å²) in [6, 6.07) is 16.4. The van der Waals surface area contributed by atoms with Crippen molar-refractivity contribution in [1.82, 2.24) is 4.98 Å². The Morgan fingerprint density at radius 1 is 1.04 bits per heavy atom. The van der Waals surface area contributed by atoms with Gasteiger partial charge in [0.25, 0.3) is 5.91 Å². The summed E-state index contributed by atoms with van der Waals surface area (Å²) in [5.41, 5.74) is 2.20. The fourth-order valence-electron chi connectivity index (χ4n) is 2.18. The molecule has 0 aliphatic rings. The quantitative estimate of drug-likeness (QED) is 0.754. The summed E-state index contributed by atoms with van der Waals surface area (Å²) in [7, 11) is 0. The highest BCUT2D eigenvalue weighted by molar-refractivity contribution is 6.04. The van der Waals surface area contributed by atoms with Crippen LogP contribution in [0.4, 0.5) is 21.5 Å². The van der Waals surface area contributed by atoms with Gasteiger partial charge in [0.15, 0.2) is 0 Å². The highest BCUT2D eigenvalue weighted by atomic mass is 19.1. The Morgan fingerprint density at radius 3 is 2.52 bits per heavy atom. The zero-order valence-electron chi connectivity index (χ0n) is 13.0. The summed E-state index contributed by atoms with van der Waals surface area (Å²) in [5.74, 6) is -0.746. The number of carbonyl (C=O) groups is 1. The number of carbonyl (C=O) groups excluding carboxylic acids is 1. The van der Waals surface area contributed by atoms with Gasteiger partial charge in [0.2, 0.25) is 0 Å². The maximum Gasteiger partial charge on any atom is 0.257 e. The fourth-order valence-corrected chi connectivity index (χ4v) is 2.18. The lowest BCUT2D eigenvalue weighted by molar-refractivity contribution is 0.102. The molecule has 3 rings (SSSR count). The Balaban J connectivity index is 1.75. The minimum Gasteiger partial charge on any atom is -0.352 e. The SMILES string of the molecule is N#Cc1ccc(NC(=O)c2cncc(Nc3ccccc3F)c2)cc1. The molecular formula is C19H13FN4O. The monoisotopic (exact) mass is 332 g/mol. The van der Waals surface area contributed by atoms with Crippen LogP contribution in [-0.2, 0) is 0 Å². The lowest BCUT2D eigenvalue weighted by atomic mass is 10.2. The maximum atomic E-state index is 13.7. The van der Waals surface area contributed by atoms with Gasteiger partial charge in [-0.3, -0.25) is 9.78 Å². The average Bonchev–Trinajstić information content (AvgIpc) is 2.64. The van der Waals surface area contributed by atoms with E-state index in [9.17, 15) is 9.18 Å². The normalized spacial score (nSPS) is 9.92. The second-order valence-electron chi connectivity index (χ2n) is 5.21. The largest absolute Gasteiger partial charge is 0.352 e. The third-order valence-electron chi connectivity index (χ3n) is 3.43. The molecule has 0 radical (unpaired) electrons. The molecule has 6 heteroatoms. The van der Waals surface area contributed by atoms with Gasteiger partial charge in [-0.15, -0.1) is 0 Å². The van der Waals surface area contributed by atoms with Crippen LogP contribution in [0.25, 0.3) is 0 Å². The first kappa shape index (κ1) is 16.1. The number of halogens is 1. The summed E-state index contributed by atoms with van der Waals surface area (Å²) >= 11 is 0. The molecule has 0 spiro atoms.